The summed E-state index contributed by atoms with van der Waals surface area (Å²) in [5.74, 6) is 0.0604. The number of amides is 1. The Labute approximate surface area is 149 Å². The summed E-state index contributed by atoms with van der Waals surface area (Å²) in [7, 11) is 0. The van der Waals surface area contributed by atoms with Crippen molar-refractivity contribution in [1.29, 1.82) is 0 Å². The van der Waals surface area contributed by atoms with Crippen LogP contribution in [0.25, 0.3) is 0 Å². The van der Waals surface area contributed by atoms with Crippen LogP contribution in [0, 0.1) is 10.1 Å². The van der Waals surface area contributed by atoms with E-state index in [9.17, 15) is 14.9 Å². The second-order valence-corrected chi connectivity index (χ2v) is 4.94. The van der Waals surface area contributed by atoms with Crippen LogP contribution in [0.15, 0.2) is 66.3 Å². The fourth-order valence-electron chi connectivity index (χ4n) is 1.95. The minimum absolute atomic E-state index is 0.0137. The van der Waals surface area contributed by atoms with Crippen LogP contribution in [-0.4, -0.2) is 30.3 Å². The zero-order valence-corrected chi connectivity index (χ0v) is 13.8. The fourth-order valence-corrected chi connectivity index (χ4v) is 1.95. The standard InChI is InChI=1S/C18H17N3O5/c1-2-11-25-16-9-5-3-7-14(16)12-19-20-18(22)13-26-17-10-6-4-8-15(17)21(23)24/h2-10,12H,1,11,13H2,(H,20,22)/b19-12-. The van der Waals surface area contributed by atoms with Crippen LogP contribution in [0.5, 0.6) is 11.5 Å². The van der Waals surface area contributed by atoms with Crippen LogP contribution in [0.2, 0.25) is 0 Å². The molecule has 0 atom stereocenters. The van der Waals surface area contributed by atoms with Gasteiger partial charge in [0.05, 0.1) is 11.1 Å². The first kappa shape index (κ1) is 18.7. The summed E-state index contributed by atoms with van der Waals surface area (Å²) >= 11 is 0. The molecule has 26 heavy (non-hydrogen) atoms. The van der Waals surface area contributed by atoms with Crippen molar-refractivity contribution in [2.75, 3.05) is 13.2 Å². The third-order valence-electron chi connectivity index (χ3n) is 3.09. The number of nitro groups is 1. The Hall–Kier alpha value is -3.68. The van der Waals surface area contributed by atoms with Gasteiger partial charge < -0.3 is 9.47 Å². The number of nitrogens with one attached hydrogen (secondary N) is 1. The van der Waals surface area contributed by atoms with Gasteiger partial charge >= 0.3 is 5.69 Å². The summed E-state index contributed by atoms with van der Waals surface area (Å²) in [6, 6.07) is 13.0. The van der Waals surface area contributed by atoms with E-state index < -0.39 is 17.4 Å². The van der Waals surface area contributed by atoms with E-state index in [2.05, 4.69) is 17.1 Å². The molecule has 8 heteroatoms. The van der Waals surface area contributed by atoms with Gasteiger partial charge in [0, 0.05) is 11.6 Å². The molecule has 2 aromatic rings. The molecule has 0 aliphatic heterocycles. The maximum atomic E-state index is 11.8. The summed E-state index contributed by atoms with van der Waals surface area (Å²) in [5, 5.41) is 14.7. The van der Waals surface area contributed by atoms with Crippen LogP contribution in [0.3, 0.4) is 0 Å². The second kappa shape index (κ2) is 9.58. The van der Waals surface area contributed by atoms with Gasteiger partial charge in [-0.15, -0.1) is 0 Å². The van der Waals surface area contributed by atoms with E-state index in [1.807, 2.05) is 12.1 Å². The van der Waals surface area contributed by atoms with Gasteiger partial charge in [-0.3, -0.25) is 14.9 Å². The van der Waals surface area contributed by atoms with E-state index in [0.717, 1.165) is 0 Å². The lowest BCUT2D eigenvalue weighted by Gasteiger charge is -2.07. The SMILES string of the molecule is C=CCOc1ccccc1/C=N\NC(=O)COc1ccccc1[N+](=O)[O-]. The van der Waals surface area contributed by atoms with E-state index >= 15 is 0 Å². The van der Waals surface area contributed by atoms with Gasteiger partial charge in [-0.25, -0.2) is 5.43 Å². The first-order chi connectivity index (χ1) is 12.6. The quantitative estimate of drug-likeness (QED) is 0.322. The molecule has 0 fully saturated rings. The van der Waals surface area contributed by atoms with Crippen LogP contribution < -0.4 is 14.9 Å². The fraction of sp³-hybridized carbons (Fsp3) is 0.111. The lowest BCUT2D eigenvalue weighted by molar-refractivity contribution is -0.385. The van der Waals surface area contributed by atoms with Crippen molar-refractivity contribution in [2.45, 2.75) is 0 Å². The van der Waals surface area contributed by atoms with Gasteiger partial charge in [0.15, 0.2) is 12.4 Å². The molecule has 0 bridgehead atoms. The first-order valence-corrected chi connectivity index (χ1v) is 7.62. The molecule has 0 unspecified atom stereocenters. The molecule has 2 aromatic carbocycles. The predicted octanol–water partition coefficient (Wildman–Crippen LogP) is 2.69. The minimum atomic E-state index is -0.578. The van der Waals surface area contributed by atoms with Crippen LogP contribution >= 0.6 is 0 Å². The molecule has 134 valence electrons. The van der Waals surface area contributed by atoms with Gasteiger partial charge in [-0.1, -0.05) is 36.9 Å². The van der Waals surface area contributed by atoms with Gasteiger partial charge in [0.2, 0.25) is 0 Å². The number of ether oxygens (including phenoxy) is 2. The Bertz CT molecular complexity index is 820. The van der Waals surface area contributed by atoms with Crippen molar-refractivity contribution < 1.29 is 19.2 Å². The topological polar surface area (TPSA) is 103 Å². The van der Waals surface area contributed by atoms with E-state index in [4.69, 9.17) is 9.47 Å². The second-order valence-electron chi connectivity index (χ2n) is 4.94. The Morgan fingerprint density at radius 1 is 1.15 bits per heavy atom. The molecule has 0 saturated carbocycles. The number of nitrogens with zero attached hydrogens (tertiary/aromatic N) is 2. The Kier molecular flexibility index (Phi) is 6.87. The van der Waals surface area contributed by atoms with Gasteiger partial charge in [0.1, 0.15) is 12.4 Å². The maximum Gasteiger partial charge on any atom is 0.310 e. The highest BCUT2D eigenvalue weighted by Gasteiger charge is 2.14. The highest BCUT2D eigenvalue weighted by Crippen LogP contribution is 2.25. The minimum Gasteiger partial charge on any atom is -0.489 e. The lowest BCUT2D eigenvalue weighted by atomic mass is 10.2. The predicted molar refractivity (Wildman–Crippen MR) is 96.5 cm³/mol. The third kappa shape index (κ3) is 5.45. The molecule has 8 nitrogen and oxygen atoms in total. The normalized spacial score (nSPS) is 10.3. The number of carbonyl (C=O) groups is 1. The Morgan fingerprint density at radius 2 is 1.85 bits per heavy atom. The summed E-state index contributed by atoms with van der Waals surface area (Å²) in [6.07, 6.45) is 3.05. The number of nitro benzene ring substituents is 1. The first-order valence-electron chi connectivity index (χ1n) is 7.62. The van der Waals surface area contributed by atoms with E-state index in [0.29, 0.717) is 17.9 Å². The van der Waals surface area contributed by atoms with E-state index in [1.54, 1.807) is 24.3 Å². The van der Waals surface area contributed by atoms with Gasteiger partial charge in [-0.05, 0) is 18.2 Å². The van der Waals surface area contributed by atoms with Crippen molar-refractivity contribution in [1.82, 2.24) is 5.43 Å². The summed E-state index contributed by atoms with van der Waals surface area (Å²) < 4.78 is 10.7. The van der Waals surface area contributed by atoms with Crippen LogP contribution in [0.1, 0.15) is 5.56 Å². The molecule has 2 rings (SSSR count). The molecule has 1 amide bonds. The van der Waals surface area contributed by atoms with Crippen molar-refractivity contribution >= 4 is 17.8 Å². The molecule has 0 saturated heterocycles. The number of hydrogen-bond donors (Lipinski definition) is 1. The lowest BCUT2D eigenvalue weighted by Crippen LogP contribution is -2.24. The highest BCUT2D eigenvalue weighted by molar-refractivity contribution is 5.85. The number of rotatable bonds is 9. The van der Waals surface area contributed by atoms with E-state index in [1.165, 1.54) is 24.4 Å². The van der Waals surface area contributed by atoms with Gasteiger partial charge in [-0.2, -0.15) is 5.10 Å². The summed E-state index contributed by atoms with van der Waals surface area (Å²) in [5.41, 5.74) is 2.76. The number of carbonyl (C=O) groups excluding carboxylic acids is 1. The van der Waals surface area contributed by atoms with Crippen molar-refractivity contribution in [2.24, 2.45) is 5.10 Å². The monoisotopic (exact) mass is 355 g/mol. The summed E-state index contributed by atoms with van der Waals surface area (Å²) in [6.45, 7) is 3.52. The van der Waals surface area contributed by atoms with Crippen LogP contribution in [-0.2, 0) is 4.79 Å². The molecular weight excluding hydrogens is 338 g/mol. The van der Waals surface area contributed by atoms with Crippen molar-refractivity contribution in [3.05, 3.63) is 76.9 Å². The smallest absolute Gasteiger partial charge is 0.310 e. The molecular formula is C18H17N3O5. The molecule has 1 N–H and O–H groups in total. The molecule has 0 aliphatic rings. The zero-order valence-electron chi connectivity index (χ0n) is 13.8. The Morgan fingerprint density at radius 3 is 2.58 bits per heavy atom. The van der Waals surface area contributed by atoms with Crippen molar-refractivity contribution in [3.63, 3.8) is 0 Å². The van der Waals surface area contributed by atoms with Gasteiger partial charge in [0.25, 0.3) is 5.91 Å². The number of para-hydroxylation sites is 3. The highest BCUT2D eigenvalue weighted by atomic mass is 16.6. The average Bonchev–Trinajstić information content (AvgIpc) is 2.65. The average molecular weight is 355 g/mol. The largest absolute Gasteiger partial charge is 0.489 e. The number of benzene rings is 2. The zero-order chi connectivity index (χ0) is 18.8. The molecule has 0 aliphatic carbocycles. The van der Waals surface area contributed by atoms with E-state index in [-0.39, 0.29) is 11.4 Å². The third-order valence-corrected chi connectivity index (χ3v) is 3.09. The number of hydrogen-bond acceptors (Lipinski definition) is 6. The summed E-state index contributed by atoms with van der Waals surface area (Å²) in [4.78, 5) is 22.1. The molecule has 0 spiro atoms. The van der Waals surface area contributed by atoms with Crippen LogP contribution in [0.4, 0.5) is 5.69 Å². The van der Waals surface area contributed by atoms with Crippen molar-refractivity contribution in [3.8, 4) is 11.5 Å². The maximum absolute atomic E-state index is 11.8. The molecule has 0 radical (unpaired) electrons. The Balaban J connectivity index is 1.90. The molecule has 0 heterocycles. The molecule has 0 aromatic heterocycles. The number of hydrazone groups is 1.